The Hall–Kier alpha value is -1.62. The summed E-state index contributed by atoms with van der Waals surface area (Å²) in [5.41, 5.74) is 2.62. The van der Waals surface area contributed by atoms with Crippen molar-refractivity contribution >= 4 is 5.91 Å². The lowest BCUT2D eigenvalue weighted by Crippen LogP contribution is -2.29. The highest BCUT2D eigenvalue weighted by Gasteiger charge is 2.29. The molecule has 1 aromatic heterocycles. The van der Waals surface area contributed by atoms with E-state index in [2.05, 4.69) is 9.88 Å². The van der Waals surface area contributed by atoms with Crippen molar-refractivity contribution in [2.45, 2.75) is 33.7 Å². The van der Waals surface area contributed by atoms with Gasteiger partial charge >= 0.3 is 0 Å². The van der Waals surface area contributed by atoms with Crippen LogP contribution >= 0.6 is 0 Å². The molecule has 1 aromatic rings. The van der Waals surface area contributed by atoms with Crippen LogP contribution in [0.15, 0.2) is 11.0 Å². The summed E-state index contributed by atoms with van der Waals surface area (Å²) in [6.07, 6.45) is 2.41. The van der Waals surface area contributed by atoms with E-state index in [0.717, 1.165) is 36.5 Å². The molecular weight excluding hydrogens is 266 g/mol. The minimum absolute atomic E-state index is 0.116. The lowest BCUT2D eigenvalue weighted by atomic mass is 10.1. The molecule has 1 unspecified atom stereocenters. The number of nitrogens with one attached hydrogen (secondary N) is 1. The molecule has 2 heterocycles. The van der Waals surface area contributed by atoms with Gasteiger partial charge < -0.3 is 14.8 Å². The lowest BCUT2D eigenvalue weighted by Gasteiger charge is -2.21. The van der Waals surface area contributed by atoms with E-state index >= 15 is 0 Å². The molecule has 1 aliphatic rings. The predicted molar refractivity (Wildman–Crippen MR) is 83.2 cm³/mol. The Kier molecular flexibility index (Phi) is 4.83. The molecule has 5 heteroatoms. The molecule has 1 saturated heterocycles. The Morgan fingerprint density at radius 1 is 1.38 bits per heavy atom. The van der Waals surface area contributed by atoms with E-state index in [1.165, 1.54) is 0 Å². The number of carbonyl (C=O) groups excluding carboxylic acids is 1. The van der Waals surface area contributed by atoms with E-state index in [0.29, 0.717) is 18.9 Å². The third kappa shape index (κ3) is 3.53. The zero-order chi connectivity index (χ0) is 15.6. The second-order valence-corrected chi connectivity index (χ2v) is 6.10. The number of likely N-dealkylation sites (tertiary alicyclic amines) is 1. The smallest absolute Gasteiger partial charge is 0.222 e. The van der Waals surface area contributed by atoms with Crippen molar-refractivity contribution in [3.63, 3.8) is 0 Å². The summed E-state index contributed by atoms with van der Waals surface area (Å²) in [4.78, 5) is 31.0. The molecule has 0 spiro atoms. The fourth-order valence-electron chi connectivity index (χ4n) is 3.02. The standard InChI is InChI=1S/C16H25N3O2/c1-5-19-9-13(6-15(19)20)8-18(4)10-14-12(3)16(21)11(2)7-17-14/h7,13H,5-6,8-10H2,1-4H3,(H,17,21). The number of aromatic amines is 1. The number of hydrogen-bond donors (Lipinski definition) is 1. The second-order valence-electron chi connectivity index (χ2n) is 6.10. The summed E-state index contributed by atoms with van der Waals surface area (Å²) in [6.45, 7) is 8.93. The van der Waals surface area contributed by atoms with Crippen LogP contribution in [0, 0.1) is 19.8 Å². The van der Waals surface area contributed by atoms with Gasteiger partial charge in [0.2, 0.25) is 5.91 Å². The highest BCUT2D eigenvalue weighted by molar-refractivity contribution is 5.78. The number of nitrogens with zero attached hydrogens (tertiary/aromatic N) is 2. The Morgan fingerprint density at radius 2 is 2.10 bits per heavy atom. The average molecular weight is 291 g/mol. The van der Waals surface area contributed by atoms with Gasteiger partial charge in [0.15, 0.2) is 5.43 Å². The predicted octanol–water partition coefficient (Wildman–Crippen LogP) is 1.29. The molecule has 116 valence electrons. The molecule has 5 nitrogen and oxygen atoms in total. The zero-order valence-electron chi connectivity index (χ0n) is 13.4. The molecule has 1 aliphatic heterocycles. The molecule has 2 rings (SSSR count). The minimum atomic E-state index is 0.116. The Bertz CT molecular complexity index is 579. The Morgan fingerprint density at radius 3 is 2.71 bits per heavy atom. The van der Waals surface area contributed by atoms with E-state index in [4.69, 9.17) is 0 Å². The number of H-pyrrole nitrogens is 1. The van der Waals surface area contributed by atoms with Crippen molar-refractivity contribution < 1.29 is 4.79 Å². The van der Waals surface area contributed by atoms with Gasteiger partial charge in [-0.1, -0.05) is 0 Å². The highest BCUT2D eigenvalue weighted by atomic mass is 16.2. The maximum Gasteiger partial charge on any atom is 0.222 e. The Balaban J connectivity index is 1.97. The quantitative estimate of drug-likeness (QED) is 0.889. The van der Waals surface area contributed by atoms with Crippen molar-refractivity contribution in [3.05, 3.63) is 33.2 Å². The van der Waals surface area contributed by atoms with E-state index < -0.39 is 0 Å². The highest BCUT2D eigenvalue weighted by Crippen LogP contribution is 2.18. The maximum absolute atomic E-state index is 12.0. The topological polar surface area (TPSA) is 56.4 Å². The van der Waals surface area contributed by atoms with Crippen LogP contribution in [0.2, 0.25) is 0 Å². The van der Waals surface area contributed by atoms with Crippen LogP contribution in [0.5, 0.6) is 0 Å². The third-order valence-electron chi connectivity index (χ3n) is 4.29. The monoisotopic (exact) mass is 291 g/mol. The van der Waals surface area contributed by atoms with Crippen molar-refractivity contribution in [1.29, 1.82) is 0 Å². The van der Waals surface area contributed by atoms with E-state index in [-0.39, 0.29) is 11.3 Å². The van der Waals surface area contributed by atoms with Gasteiger partial charge in [-0.2, -0.15) is 0 Å². The summed E-state index contributed by atoms with van der Waals surface area (Å²) in [7, 11) is 2.04. The van der Waals surface area contributed by atoms with Gasteiger partial charge in [0.1, 0.15) is 0 Å². The van der Waals surface area contributed by atoms with Gasteiger partial charge in [-0.05, 0) is 33.7 Å². The van der Waals surface area contributed by atoms with Crippen molar-refractivity contribution in [2.24, 2.45) is 5.92 Å². The van der Waals surface area contributed by atoms with Crippen LogP contribution in [0.25, 0.3) is 0 Å². The summed E-state index contributed by atoms with van der Waals surface area (Å²) >= 11 is 0. The zero-order valence-corrected chi connectivity index (χ0v) is 13.4. The number of hydrogen-bond acceptors (Lipinski definition) is 3. The first-order valence-corrected chi connectivity index (χ1v) is 7.56. The first kappa shape index (κ1) is 15.8. The van der Waals surface area contributed by atoms with Gasteiger partial charge in [0.05, 0.1) is 0 Å². The normalized spacial score (nSPS) is 18.8. The summed E-state index contributed by atoms with van der Waals surface area (Å²) < 4.78 is 0. The molecular formula is C16H25N3O2. The molecule has 21 heavy (non-hydrogen) atoms. The molecule has 0 saturated carbocycles. The molecule has 1 N–H and O–H groups in total. The van der Waals surface area contributed by atoms with E-state index in [9.17, 15) is 9.59 Å². The van der Waals surface area contributed by atoms with Crippen molar-refractivity contribution in [2.75, 3.05) is 26.7 Å². The van der Waals surface area contributed by atoms with E-state index in [1.807, 2.05) is 32.7 Å². The SMILES string of the molecule is CCN1CC(CN(C)Cc2[nH]cc(C)c(=O)c2C)CC1=O. The largest absolute Gasteiger partial charge is 0.363 e. The lowest BCUT2D eigenvalue weighted by molar-refractivity contribution is -0.127. The first-order valence-electron chi connectivity index (χ1n) is 7.56. The van der Waals surface area contributed by atoms with Gasteiger partial charge in [-0.25, -0.2) is 0 Å². The number of amides is 1. The van der Waals surface area contributed by atoms with Crippen molar-refractivity contribution in [3.8, 4) is 0 Å². The molecule has 0 aliphatic carbocycles. The van der Waals surface area contributed by atoms with Crippen LogP contribution in [-0.4, -0.2) is 47.4 Å². The number of pyridine rings is 1. The minimum Gasteiger partial charge on any atom is -0.363 e. The number of carbonyl (C=O) groups is 1. The number of aromatic nitrogens is 1. The van der Waals surface area contributed by atoms with Crippen LogP contribution in [0.3, 0.4) is 0 Å². The van der Waals surface area contributed by atoms with Crippen LogP contribution in [0.1, 0.15) is 30.2 Å². The van der Waals surface area contributed by atoms with Gasteiger partial charge in [0, 0.05) is 55.6 Å². The molecule has 0 aromatic carbocycles. The number of aryl methyl sites for hydroxylation is 1. The summed E-state index contributed by atoms with van der Waals surface area (Å²) in [6, 6.07) is 0. The van der Waals surface area contributed by atoms with Gasteiger partial charge in [-0.3, -0.25) is 9.59 Å². The number of rotatable bonds is 5. The summed E-state index contributed by atoms with van der Waals surface area (Å²) in [5, 5.41) is 0. The summed E-state index contributed by atoms with van der Waals surface area (Å²) in [5.74, 6) is 0.649. The molecule has 1 amide bonds. The average Bonchev–Trinajstić information content (AvgIpc) is 2.79. The first-order chi connectivity index (χ1) is 9.92. The van der Waals surface area contributed by atoms with Crippen molar-refractivity contribution in [1.82, 2.24) is 14.8 Å². The van der Waals surface area contributed by atoms with Crippen LogP contribution < -0.4 is 5.43 Å². The molecule has 0 bridgehead atoms. The molecule has 1 fully saturated rings. The van der Waals surface area contributed by atoms with Gasteiger partial charge in [-0.15, -0.1) is 0 Å². The van der Waals surface area contributed by atoms with Gasteiger partial charge in [0.25, 0.3) is 0 Å². The van der Waals surface area contributed by atoms with Crippen LogP contribution in [-0.2, 0) is 11.3 Å². The maximum atomic E-state index is 12.0. The van der Waals surface area contributed by atoms with E-state index in [1.54, 1.807) is 6.20 Å². The molecule has 1 atom stereocenters. The second kappa shape index (κ2) is 6.43. The fraction of sp³-hybridized carbons (Fsp3) is 0.625. The fourth-order valence-corrected chi connectivity index (χ4v) is 3.02. The Labute approximate surface area is 126 Å². The molecule has 0 radical (unpaired) electrons. The third-order valence-corrected chi connectivity index (χ3v) is 4.29. The van der Waals surface area contributed by atoms with Crippen LogP contribution in [0.4, 0.5) is 0 Å².